The first-order valence-corrected chi connectivity index (χ1v) is 11.1. The van der Waals surface area contributed by atoms with Gasteiger partial charge in [-0.15, -0.1) is 0 Å². The van der Waals surface area contributed by atoms with Crippen LogP contribution in [0, 0.1) is 0 Å². The molecule has 154 valence electrons. The van der Waals surface area contributed by atoms with E-state index in [1.54, 1.807) is 6.07 Å². The summed E-state index contributed by atoms with van der Waals surface area (Å²) in [6.45, 7) is 0.400. The molecular weight excluding hydrogens is 424 g/mol. The Balaban J connectivity index is 1.73. The van der Waals surface area contributed by atoms with E-state index >= 15 is 0 Å². The molecule has 0 radical (unpaired) electrons. The molecule has 1 aliphatic rings. The highest BCUT2D eigenvalue weighted by Crippen LogP contribution is 2.34. The van der Waals surface area contributed by atoms with Gasteiger partial charge in [-0.2, -0.15) is 0 Å². The zero-order valence-electron chi connectivity index (χ0n) is 15.9. The van der Waals surface area contributed by atoms with E-state index in [1.807, 2.05) is 24.3 Å². The van der Waals surface area contributed by atoms with Crippen molar-refractivity contribution in [1.82, 2.24) is 4.98 Å². The molecule has 1 amide bonds. The van der Waals surface area contributed by atoms with Crippen molar-refractivity contribution in [2.24, 2.45) is 5.73 Å². The Bertz CT molecular complexity index is 1230. The second kappa shape index (κ2) is 7.97. The maximum Gasteiger partial charge on any atom is 0.264 e. The van der Waals surface area contributed by atoms with Gasteiger partial charge in [0.1, 0.15) is 5.82 Å². The van der Waals surface area contributed by atoms with Gasteiger partial charge in [-0.25, -0.2) is 13.4 Å². The minimum atomic E-state index is -3.81. The number of nitrogens with two attached hydrogens (primary N) is 1. The molecule has 9 heteroatoms. The number of aromatic nitrogens is 1. The molecule has 0 fully saturated rings. The number of primary amides is 1. The van der Waals surface area contributed by atoms with Crippen molar-refractivity contribution in [3.63, 3.8) is 0 Å². The molecule has 7 nitrogen and oxygen atoms in total. The minimum absolute atomic E-state index is 0.0858. The average molecular weight is 443 g/mol. The number of hydrogen-bond donors (Lipinski definition) is 2. The normalized spacial score (nSPS) is 13.6. The number of pyridine rings is 1. The van der Waals surface area contributed by atoms with Gasteiger partial charge in [0.2, 0.25) is 0 Å². The van der Waals surface area contributed by atoms with Gasteiger partial charge in [-0.1, -0.05) is 29.8 Å². The number of fused-ring (bicyclic) bond motifs is 1. The van der Waals surface area contributed by atoms with Gasteiger partial charge in [0.25, 0.3) is 15.9 Å². The van der Waals surface area contributed by atoms with Crippen LogP contribution in [0.4, 0.5) is 17.2 Å². The lowest BCUT2D eigenvalue weighted by molar-refractivity contribution is 0.100. The molecule has 3 aromatic rings. The summed E-state index contributed by atoms with van der Waals surface area (Å²) in [7, 11) is -3.81. The summed E-state index contributed by atoms with van der Waals surface area (Å²) in [6, 6.07) is 15.0. The maximum absolute atomic E-state index is 13.4. The SMILES string of the molecule is NC(=O)c1cccnc1Nc1cc(S(=O)(=O)N2CCCc3ccccc32)ccc1Cl. The first kappa shape index (κ1) is 20.2. The van der Waals surface area contributed by atoms with Crippen molar-refractivity contribution < 1.29 is 13.2 Å². The van der Waals surface area contributed by atoms with Gasteiger partial charge in [-0.3, -0.25) is 9.10 Å². The Morgan fingerprint density at radius 1 is 1.13 bits per heavy atom. The molecule has 1 aromatic heterocycles. The first-order valence-electron chi connectivity index (χ1n) is 9.30. The molecule has 0 saturated carbocycles. The fraction of sp³-hybridized carbons (Fsp3) is 0.143. The number of nitrogens with zero attached hydrogens (tertiary/aromatic N) is 2. The van der Waals surface area contributed by atoms with Crippen molar-refractivity contribution in [3.05, 3.63) is 76.9 Å². The van der Waals surface area contributed by atoms with Crippen molar-refractivity contribution in [2.75, 3.05) is 16.2 Å². The summed E-state index contributed by atoms with van der Waals surface area (Å²) in [5, 5.41) is 3.22. The Labute approximate surface area is 179 Å². The van der Waals surface area contributed by atoms with E-state index in [-0.39, 0.29) is 21.3 Å². The summed E-state index contributed by atoms with van der Waals surface area (Å²) in [6.07, 6.45) is 3.07. The third-order valence-electron chi connectivity index (χ3n) is 4.92. The van der Waals surface area contributed by atoms with E-state index in [0.717, 1.165) is 18.4 Å². The number of halogens is 1. The largest absolute Gasteiger partial charge is 0.365 e. The number of amides is 1. The summed E-state index contributed by atoms with van der Waals surface area (Å²) in [4.78, 5) is 15.9. The van der Waals surface area contributed by atoms with Crippen LogP contribution in [0.5, 0.6) is 0 Å². The number of carbonyl (C=O) groups is 1. The van der Waals surface area contributed by atoms with Crippen molar-refractivity contribution in [1.29, 1.82) is 0 Å². The molecule has 2 heterocycles. The summed E-state index contributed by atoms with van der Waals surface area (Å²) in [5.74, 6) is -0.458. The zero-order chi connectivity index (χ0) is 21.3. The molecule has 2 aromatic carbocycles. The second-order valence-corrected chi connectivity index (χ2v) is 9.11. The van der Waals surface area contributed by atoms with Crippen LogP contribution in [0.15, 0.2) is 65.7 Å². The van der Waals surface area contributed by atoms with Crippen molar-refractivity contribution >= 4 is 44.7 Å². The number of benzene rings is 2. The van der Waals surface area contributed by atoms with E-state index in [1.165, 1.54) is 34.8 Å². The molecule has 3 N–H and O–H groups in total. The smallest absolute Gasteiger partial charge is 0.264 e. The fourth-order valence-corrected chi connectivity index (χ4v) is 5.20. The van der Waals surface area contributed by atoms with Crippen LogP contribution in [0.3, 0.4) is 0 Å². The molecule has 4 rings (SSSR count). The molecule has 0 bridgehead atoms. The summed E-state index contributed by atoms with van der Waals surface area (Å²) < 4.78 is 28.2. The minimum Gasteiger partial charge on any atom is -0.365 e. The van der Waals surface area contributed by atoms with Crippen LogP contribution in [-0.4, -0.2) is 25.9 Å². The van der Waals surface area contributed by atoms with Crippen LogP contribution >= 0.6 is 11.6 Å². The zero-order valence-corrected chi connectivity index (χ0v) is 17.4. The molecule has 1 aliphatic heterocycles. The van der Waals surface area contributed by atoms with Crippen LogP contribution in [-0.2, 0) is 16.4 Å². The van der Waals surface area contributed by atoms with Crippen LogP contribution in [0.25, 0.3) is 0 Å². The average Bonchev–Trinajstić information content (AvgIpc) is 2.75. The van der Waals surface area contributed by atoms with E-state index in [4.69, 9.17) is 17.3 Å². The molecular formula is C21H19ClN4O3S. The molecule has 0 aliphatic carbocycles. The van der Waals surface area contributed by atoms with E-state index in [0.29, 0.717) is 17.9 Å². The molecule has 0 saturated heterocycles. The molecule has 30 heavy (non-hydrogen) atoms. The Kier molecular flexibility index (Phi) is 5.36. The standard InChI is InChI=1S/C21H19ClN4O3S/c22-17-10-9-15(13-18(17)25-21-16(20(23)27)7-3-11-24-21)30(28,29)26-12-4-6-14-5-1-2-8-19(14)26/h1-3,5,7-11,13H,4,6,12H2,(H2,23,27)(H,24,25). The summed E-state index contributed by atoms with van der Waals surface area (Å²) in [5.41, 5.74) is 7.56. The van der Waals surface area contributed by atoms with Gasteiger partial charge in [0.15, 0.2) is 0 Å². The quantitative estimate of drug-likeness (QED) is 0.626. The van der Waals surface area contributed by atoms with Crippen molar-refractivity contribution in [3.8, 4) is 0 Å². The topological polar surface area (TPSA) is 105 Å². The van der Waals surface area contributed by atoms with E-state index in [2.05, 4.69) is 10.3 Å². The lowest BCUT2D eigenvalue weighted by Crippen LogP contribution is -2.35. The number of aryl methyl sites for hydroxylation is 1. The second-order valence-electron chi connectivity index (χ2n) is 6.84. The highest BCUT2D eigenvalue weighted by atomic mass is 35.5. The summed E-state index contributed by atoms with van der Waals surface area (Å²) >= 11 is 6.28. The lowest BCUT2D eigenvalue weighted by Gasteiger charge is -2.30. The first-order chi connectivity index (χ1) is 14.4. The van der Waals surface area contributed by atoms with E-state index < -0.39 is 15.9 Å². The Morgan fingerprint density at radius 3 is 2.73 bits per heavy atom. The number of hydrogen-bond acceptors (Lipinski definition) is 5. The van der Waals surface area contributed by atoms with Crippen LogP contribution in [0.2, 0.25) is 5.02 Å². The predicted octanol–water partition coefficient (Wildman–Crippen LogP) is 3.72. The number of anilines is 3. The monoisotopic (exact) mass is 442 g/mol. The van der Waals surface area contributed by atoms with Gasteiger partial charge >= 0.3 is 0 Å². The number of rotatable bonds is 5. The van der Waals surface area contributed by atoms with Crippen molar-refractivity contribution in [2.45, 2.75) is 17.7 Å². The van der Waals surface area contributed by atoms with Gasteiger partial charge < -0.3 is 11.1 Å². The number of carbonyl (C=O) groups excluding carboxylic acids is 1. The maximum atomic E-state index is 13.4. The Morgan fingerprint density at radius 2 is 1.93 bits per heavy atom. The number of para-hydroxylation sites is 1. The highest BCUT2D eigenvalue weighted by Gasteiger charge is 2.29. The number of nitrogens with one attached hydrogen (secondary N) is 1. The molecule has 0 unspecified atom stereocenters. The van der Waals surface area contributed by atoms with Crippen LogP contribution in [0.1, 0.15) is 22.3 Å². The molecule has 0 atom stereocenters. The lowest BCUT2D eigenvalue weighted by atomic mass is 10.0. The fourth-order valence-electron chi connectivity index (χ4n) is 3.47. The third kappa shape index (κ3) is 3.71. The number of sulfonamides is 1. The third-order valence-corrected chi connectivity index (χ3v) is 7.06. The molecule has 0 spiro atoms. The van der Waals surface area contributed by atoms with Crippen LogP contribution < -0.4 is 15.4 Å². The Hall–Kier alpha value is -3.10. The van der Waals surface area contributed by atoms with E-state index in [9.17, 15) is 13.2 Å². The van der Waals surface area contributed by atoms with Gasteiger partial charge in [-0.05, 0) is 54.8 Å². The predicted molar refractivity (Wildman–Crippen MR) is 117 cm³/mol. The van der Waals surface area contributed by atoms with Gasteiger partial charge in [0, 0.05) is 12.7 Å². The van der Waals surface area contributed by atoms with Gasteiger partial charge in [0.05, 0.1) is 26.9 Å². The highest BCUT2D eigenvalue weighted by molar-refractivity contribution is 7.92.